The zero-order valence-corrected chi connectivity index (χ0v) is 16.1. The van der Waals surface area contributed by atoms with Crippen LogP contribution < -0.4 is 5.32 Å². The summed E-state index contributed by atoms with van der Waals surface area (Å²) >= 11 is 1.68. The quantitative estimate of drug-likeness (QED) is 0.712. The highest BCUT2D eigenvalue weighted by molar-refractivity contribution is 7.17. The molecule has 1 N–H and O–H groups in total. The van der Waals surface area contributed by atoms with Gasteiger partial charge in [0.05, 0.1) is 18.0 Å². The molecule has 0 radical (unpaired) electrons. The Labute approximate surface area is 158 Å². The predicted molar refractivity (Wildman–Crippen MR) is 108 cm³/mol. The van der Waals surface area contributed by atoms with Crippen molar-refractivity contribution in [2.75, 3.05) is 32.6 Å². The maximum atomic E-state index is 5.77. The number of nitrogens with one attached hydrogen (secondary N) is 1. The third-order valence-electron chi connectivity index (χ3n) is 4.54. The van der Waals surface area contributed by atoms with Gasteiger partial charge in [0.15, 0.2) is 0 Å². The van der Waals surface area contributed by atoms with E-state index < -0.39 is 0 Å². The highest BCUT2D eigenvalue weighted by Crippen LogP contribution is 2.37. The highest BCUT2D eigenvalue weighted by Gasteiger charge is 2.19. The van der Waals surface area contributed by atoms with Crippen molar-refractivity contribution in [1.29, 1.82) is 0 Å². The molecule has 1 atom stereocenters. The van der Waals surface area contributed by atoms with Crippen molar-refractivity contribution >= 4 is 27.4 Å². The van der Waals surface area contributed by atoms with Crippen molar-refractivity contribution < 1.29 is 4.74 Å². The Bertz CT molecular complexity index is 872. The Balaban J connectivity index is 1.74. The molecular formula is C20H24N4OS. The van der Waals surface area contributed by atoms with Gasteiger partial charge in [0.1, 0.15) is 16.5 Å². The van der Waals surface area contributed by atoms with Gasteiger partial charge in [-0.3, -0.25) is 0 Å². The average Bonchev–Trinajstić information content (AvgIpc) is 3.29. The lowest BCUT2D eigenvalue weighted by atomic mass is 10.1. The van der Waals surface area contributed by atoms with Crippen LogP contribution in [0.25, 0.3) is 21.3 Å². The number of ether oxygens (including phenoxy) is 1. The maximum absolute atomic E-state index is 5.77. The normalized spacial score (nSPS) is 17.3. The van der Waals surface area contributed by atoms with Gasteiger partial charge in [0.25, 0.3) is 0 Å². The molecule has 3 aromatic rings. The van der Waals surface area contributed by atoms with Gasteiger partial charge in [0.2, 0.25) is 0 Å². The lowest BCUT2D eigenvalue weighted by molar-refractivity contribution is 0.120. The first-order valence-electron chi connectivity index (χ1n) is 9.04. The van der Waals surface area contributed by atoms with Crippen molar-refractivity contribution in [3.63, 3.8) is 0 Å². The van der Waals surface area contributed by atoms with Gasteiger partial charge < -0.3 is 15.0 Å². The summed E-state index contributed by atoms with van der Waals surface area (Å²) in [5.74, 6) is 1.77. The Morgan fingerprint density at radius 2 is 2.08 bits per heavy atom. The fourth-order valence-corrected chi connectivity index (χ4v) is 4.28. The second kappa shape index (κ2) is 7.70. The van der Waals surface area contributed by atoms with Crippen LogP contribution in [-0.4, -0.2) is 48.2 Å². The third-order valence-corrected chi connectivity index (χ3v) is 5.42. The van der Waals surface area contributed by atoms with E-state index in [-0.39, 0.29) is 6.10 Å². The van der Waals surface area contributed by atoms with Crippen LogP contribution in [0, 0.1) is 0 Å². The molecular weight excluding hydrogens is 344 g/mol. The summed E-state index contributed by atoms with van der Waals surface area (Å²) in [6.45, 7) is 2.38. The van der Waals surface area contributed by atoms with Crippen LogP contribution in [0.2, 0.25) is 0 Å². The Morgan fingerprint density at radius 3 is 2.81 bits per heavy atom. The predicted octanol–water partition coefficient (Wildman–Crippen LogP) is 4.01. The summed E-state index contributed by atoms with van der Waals surface area (Å²) in [7, 11) is 4.08. The van der Waals surface area contributed by atoms with Crippen molar-refractivity contribution in [3.8, 4) is 11.1 Å². The minimum absolute atomic E-state index is 0.274. The molecule has 0 bridgehead atoms. The van der Waals surface area contributed by atoms with Crippen molar-refractivity contribution in [2.24, 2.45) is 0 Å². The van der Waals surface area contributed by atoms with E-state index in [1.54, 1.807) is 11.3 Å². The van der Waals surface area contributed by atoms with E-state index in [4.69, 9.17) is 14.7 Å². The van der Waals surface area contributed by atoms with Crippen LogP contribution in [0.4, 0.5) is 5.82 Å². The van der Waals surface area contributed by atoms with Crippen molar-refractivity contribution in [2.45, 2.75) is 25.5 Å². The minimum Gasteiger partial charge on any atom is -0.376 e. The number of benzene rings is 1. The van der Waals surface area contributed by atoms with Gasteiger partial charge in [-0.25, -0.2) is 9.97 Å². The molecule has 136 valence electrons. The molecule has 4 rings (SSSR count). The van der Waals surface area contributed by atoms with Gasteiger partial charge in [-0.1, -0.05) is 30.3 Å². The molecule has 0 amide bonds. The molecule has 1 aliphatic rings. The highest BCUT2D eigenvalue weighted by atomic mass is 32.1. The van der Waals surface area contributed by atoms with E-state index in [2.05, 4.69) is 39.9 Å². The second-order valence-corrected chi connectivity index (χ2v) is 7.80. The van der Waals surface area contributed by atoms with Crippen molar-refractivity contribution in [1.82, 2.24) is 14.9 Å². The third kappa shape index (κ3) is 3.72. The van der Waals surface area contributed by atoms with E-state index in [1.165, 1.54) is 11.1 Å². The Morgan fingerprint density at radius 1 is 1.23 bits per heavy atom. The molecule has 26 heavy (non-hydrogen) atoms. The lowest BCUT2D eigenvalue weighted by Gasteiger charge is -2.15. The van der Waals surface area contributed by atoms with Gasteiger partial charge in [-0.2, -0.15) is 0 Å². The van der Waals surface area contributed by atoms with Crippen LogP contribution in [0.15, 0.2) is 35.7 Å². The van der Waals surface area contributed by atoms with E-state index in [1.807, 2.05) is 20.2 Å². The number of nitrogens with zero attached hydrogens (tertiary/aromatic N) is 3. The minimum atomic E-state index is 0.274. The molecule has 1 aliphatic heterocycles. The summed E-state index contributed by atoms with van der Waals surface area (Å²) in [4.78, 5) is 12.8. The average molecular weight is 369 g/mol. The number of hydrogen-bond acceptors (Lipinski definition) is 6. The molecule has 1 saturated heterocycles. The standard InChI is InChI=1S/C20H24N4OS/c1-24(2)12-17-22-19(21-11-15-9-6-10-25-15)18-16(13-26-20(18)23-17)14-7-4-3-5-8-14/h3-5,7-8,13,15H,6,9-12H2,1-2H3,(H,21,22,23). The van der Waals surface area contributed by atoms with Crippen LogP contribution in [0.1, 0.15) is 18.7 Å². The number of hydrogen-bond donors (Lipinski definition) is 1. The molecule has 1 fully saturated rings. The first-order valence-corrected chi connectivity index (χ1v) is 9.92. The summed E-state index contributed by atoms with van der Waals surface area (Å²) in [5, 5.41) is 6.85. The summed E-state index contributed by atoms with van der Waals surface area (Å²) < 4.78 is 5.77. The first-order chi connectivity index (χ1) is 12.7. The van der Waals surface area contributed by atoms with Crippen LogP contribution in [0.3, 0.4) is 0 Å². The van der Waals surface area contributed by atoms with Gasteiger partial charge in [-0.15, -0.1) is 11.3 Å². The topological polar surface area (TPSA) is 50.3 Å². The van der Waals surface area contributed by atoms with Crippen LogP contribution in [-0.2, 0) is 11.3 Å². The summed E-state index contributed by atoms with van der Waals surface area (Å²) in [6.07, 6.45) is 2.53. The van der Waals surface area contributed by atoms with E-state index in [9.17, 15) is 0 Å². The SMILES string of the molecule is CN(C)Cc1nc(NCC2CCCO2)c2c(-c3ccccc3)csc2n1. The fraction of sp³-hybridized carbons (Fsp3) is 0.400. The van der Waals surface area contributed by atoms with Gasteiger partial charge >= 0.3 is 0 Å². The van der Waals surface area contributed by atoms with Gasteiger partial charge in [0, 0.05) is 24.1 Å². The van der Waals surface area contributed by atoms with E-state index in [0.717, 1.165) is 54.4 Å². The smallest absolute Gasteiger partial charge is 0.146 e. The molecule has 0 aliphatic carbocycles. The number of thiophene rings is 1. The zero-order chi connectivity index (χ0) is 17.9. The summed E-state index contributed by atoms with van der Waals surface area (Å²) in [5.41, 5.74) is 2.39. The fourth-order valence-electron chi connectivity index (χ4n) is 3.31. The monoisotopic (exact) mass is 368 g/mol. The van der Waals surface area contributed by atoms with Gasteiger partial charge in [-0.05, 0) is 32.5 Å². The zero-order valence-electron chi connectivity index (χ0n) is 15.2. The maximum Gasteiger partial charge on any atom is 0.146 e. The molecule has 5 nitrogen and oxygen atoms in total. The molecule has 1 aromatic carbocycles. The number of aromatic nitrogens is 2. The van der Waals surface area contributed by atoms with Crippen molar-refractivity contribution in [3.05, 3.63) is 41.5 Å². The number of rotatable bonds is 6. The molecule has 3 heterocycles. The molecule has 0 spiro atoms. The Hall–Kier alpha value is -2.02. The molecule has 6 heteroatoms. The second-order valence-electron chi connectivity index (χ2n) is 6.94. The van der Waals surface area contributed by atoms with E-state index >= 15 is 0 Å². The summed E-state index contributed by atoms with van der Waals surface area (Å²) in [6, 6.07) is 10.5. The Kier molecular flexibility index (Phi) is 5.15. The molecule has 1 unspecified atom stereocenters. The lowest BCUT2D eigenvalue weighted by Crippen LogP contribution is -2.20. The number of anilines is 1. The molecule has 0 saturated carbocycles. The molecule has 2 aromatic heterocycles. The van der Waals surface area contributed by atoms with Crippen LogP contribution in [0.5, 0.6) is 0 Å². The van der Waals surface area contributed by atoms with Crippen LogP contribution >= 0.6 is 11.3 Å². The largest absolute Gasteiger partial charge is 0.376 e. The first kappa shape index (κ1) is 17.4. The number of fused-ring (bicyclic) bond motifs is 1. The van der Waals surface area contributed by atoms with E-state index in [0.29, 0.717) is 0 Å².